The van der Waals surface area contributed by atoms with Crippen molar-refractivity contribution in [1.82, 2.24) is 0 Å². The highest BCUT2D eigenvalue weighted by atomic mass is 19.1. The monoisotopic (exact) mass is 182 g/mol. The highest BCUT2D eigenvalue weighted by Crippen LogP contribution is 2.20. The van der Waals surface area contributed by atoms with E-state index in [2.05, 4.69) is 0 Å². The first-order valence-corrected chi connectivity index (χ1v) is 4.53. The quantitative estimate of drug-likeness (QED) is 0.762. The van der Waals surface area contributed by atoms with Crippen molar-refractivity contribution in [1.29, 1.82) is 0 Å². The van der Waals surface area contributed by atoms with Gasteiger partial charge in [0.25, 0.3) is 0 Å². The van der Waals surface area contributed by atoms with E-state index in [9.17, 15) is 4.39 Å². The lowest BCUT2D eigenvalue weighted by Gasteiger charge is -2.13. The van der Waals surface area contributed by atoms with Crippen LogP contribution in [0.5, 0.6) is 0 Å². The van der Waals surface area contributed by atoms with Crippen LogP contribution < -0.4 is 0 Å². The van der Waals surface area contributed by atoms with Crippen LogP contribution in [0.2, 0.25) is 0 Å². The zero-order chi connectivity index (χ0) is 9.84. The van der Waals surface area contributed by atoms with Crippen LogP contribution in [0.4, 0.5) is 4.39 Å². The van der Waals surface area contributed by atoms with E-state index in [1.807, 2.05) is 6.92 Å². The summed E-state index contributed by atoms with van der Waals surface area (Å²) in [6, 6.07) is 6.44. The van der Waals surface area contributed by atoms with Gasteiger partial charge < -0.3 is 5.11 Å². The average molecular weight is 182 g/mol. The molecule has 13 heavy (non-hydrogen) atoms. The molecule has 0 bridgehead atoms. The predicted octanol–water partition coefficient (Wildman–Crippen LogP) is 2.70. The smallest absolute Gasteiger partial charge is 0.123 e. The molecule has 2 atom stereocenters. The van der Waals surface area contributed by atoms with E-state index >= 15 is 0 Å². The third-order valence-electron chi connectivity index (χ3n) is 2.13. The molecule has 1 rings (SSSR count). The fourth-order valence-corrected chi connectivity index (χ4v) is 1.44. The van der Waals surface area contributed by atoms with Crippen molar-refractivity contribution >= 4 is 0 Å². The molecule has 2 unspecified atom stereocenters. The molecule has 72 valence electrons. The van der Waals surface area contributed by atoms with Crippen molar-refractivity contribution in [3.05, 3.63) is 35.6 Å². The van der Waals surface area contributed by atoms with Crippen molar-refractivity contribution in [2.24, 2.45) is 0 Å². The van der Waals surface area contributed by atoms with Crippen molar-refractivity contribution in [3.63, 3.8) is 0 Å². The molecule has 0 aliphatic rings. The summed E-state index contributed by atoms with van der Waals surface area (Å²) < 4.78 is 12.6. The summed E-state index contributed by atoms with van der Waals surface area (Å²) in [5, 5.41) is 9.16. The lowest BCUT2D eigenvalue weighted by molar-refractivity contribution is 0.176. The van der Waals surface area contributed by atoms with Gasteiger partial charge in [0, 0.05) is 0 Å². The second-order valence-corrected chi connectivity index (χ2v) is 3.54. The highest BCUT2D eigenvalue weighted by molar-refractivity contribution is 5.19. The maximum atomic E-state index is 12.6. The Bertz CT molecular complexity index is 253. The molecular formula is C11H15FO. The number of rotatable bonds is 3. The number of hydrogen-bond donors (Lipinski definition) is 1. The van der Waals surface area contributed by atoms with Gasteiger partial charge in [-0.3, -0.25) is 0 Å². The van der Waals surface area contributed by atoms with Gasteiger partial charge in [-0.25, -0.2) is 4.39 Å². The predicted molar refractivity (Wildman–Crippen MR) is 51.1 cm³/mol. The fourth-order valence-electron chi connectivity index (χ4n) is 1.44. The van der Waals surface area contributed by atoms with Crippen LogP contribution >= 0.6 is 0 Å². The summed E-state index contributed by atoms with van der Waals surface area (Å²) in [4.78, 5) is 0. The molecule has 0 aliphatic carbocycles. The Morgan fingerprint density at radius 1 is 1.23 bits per heavy atom. The van der Waals surface area contributed by atoms with Crippen LogP contribution in [-0.2, 0) is 0 Å². The summed E-state index contributed by atoms with van der Waals surface area (Å²) in [5.74, 6) is 0.0635. The largest absolute Gasteiger partial charge is 0.393 e. The SMILES string of the molecule is CC(O)CC(C)c1ccc(F)cc1. The molecule has 1 N–H and O–H groups in total. The molecule has 0 saturated heterocycles. The van der Waals surface area contributed by atoms with E-state index < -0.39 is 0 Å². The Balaban J connectivity index is 2.66. The van der Waals surface area contributed by atoms with Crippen LogP contribution in [0.1, 0.15) is 31.7 Å². The molecule has 0 heterocycles. The third kappa shape index (κ3) is 3.15. The van der Waals surface area contributed by atoms with Gasteiger partial charge in [-0.2, -0.15) is 0 Å². The van der Waals surface area contributed by atoms with Gasteiger partial charge in [0.15, 0.2) is 0 Å². The Morgan fingerprint density at radius 2 is 1.77 bits per heavy atom. The fraction of sp³-hybridized carbons (Fsp3) is 0.455. The van der Waals surface area contributed by atoms with E-state index in [1.165, 1.54) is 12.1 Å². The molecule has 0 amide bonds. The minimum atomic E-state index is -0.306. The molecule has 1 nitrogen and oxygen atoms in total. The van der Waals surface area contributed by atoms with Gasteiger partial charge in [-0.15, -0.1) is 0 Å². The summed E-state index contributed by atoms with van der Waals surface area (Å²) in [6.45, 7) is 3.79. The second-order valence-electron chi connectivity index (χ2n) is 3.54. The Hall–Kier alpha value is -0.890. The second kappa shape index (κ2) is 4.38. The first kappa shape index (κ1) is 10.2. The zero-order valence-electron chi connectivity index (χ0n) is 8.00. The van der Waals surface area contributed by atoms with E-state index in [1.54, 1.807) is 19.1 Å². The van der Waals surface area contributed by atoms with Crippen molar-refractivity contribution in [2.45, 2.75) is 32.3 Å². The Kier molecular flexibility index (Phi) is 3.43. The first-order chi connectivity index (χ1) is 6.09. The van der Waals surface area contributed by atoms with Gasteiger partial charge in [0.2, 0.25) is 0 Å². The lowest BCUT2D eigenvalue weighted by Crippen LogP contribution is -2.05. The summed E-state index contributed by atoms with van der Waals surface area (Å²) in [5.41, 5.74) is 1.07. The number of benzene rings is 1. The van der Waals surface area contributed by atoms with E-state index in [4.69, 9.17) is 5.11 Å². The maximum absolute atomic E-state index is 12.6. The number of aliphatic hydroxyl groups is 1. The molecule has 0 radical (unpaired) electrons. The van der Waals surface area contributed by atoms with Crippen LogP contribution in [0, 0.1) is 5.82 Å². The number of aliphatic hydroxyl groups excluding tert-OH is 1. The normalized spacial score (nSPS) is 15.4. The highest BCUT2D eigenvalue weighted by Gasteiger charge is 2.08. The molecule has 0 fully saturated rings. The zero-order valence-corrected chi connectivity index (χ0v) is 8.00. The van der Waals surface area contributed by atoms with Crippen LogP contribution in [0.25, 0.3) is 0 Å². The topological polar surface area (TPSA) is 20.2 Å². The lowest BCUT2D eigenvalue weighted by atomic mass is 9.96. The van der Waals surface area contributed by atoms with Gasteiger partial charge in [-0.05, 0) is 37.0 Å². The van der Waals surface area contributed by atoms with Crippen LogP contribution in [-0.4, -0.2) is 11.2 Å². The standard InChI is InChI=1S/C11H15FO/c1-8(7-9(2)13)10-3-5-11(12)6-4-10/h3-6,8-9,13H,7H2,1-2H3. The minimum absolute atomic E-state index is 0.215. The van der Waals surface area contributed by atoms with E-state index in [0.717, 1.165) is 5.56 Å². The van der Waals surface area contributed by atoms with Crippen molar-refractivity contribution < 1.29 is 9.50 Å². The molecule has 0 saturated carbocycles. The Morgan fingerprint density at radius 3 is 2.23 bits per heavy atom. The summed E-state index contributed by atoms with van der Waals surface area (Å²) in [6.07, 6.45) is 0.408. The van der Waals surface area contributed by atoms with Gasteiger partial charge in [0.05, 0.1) is 6.10 Å². The first-order valence-electron chi connectivity index (χ1n) is 4.53. The summed E-state index contributed by atoms with van der Waals surface area (Å²) >= 11 is 0. The molecule has 1 aromatic carbocycles. The molecule has 2 heteroatoms. The Labute approximate surface area is 78.2 Å². The van der Waals surface area contributed by atoms with Crippen molar-refractivity contribution in [2.75, 3.05) is 0 Å². The third-order valence-corrected chi connectivity index (χ3v) is 2.13. The van der Waals surface area contributed by atoms with Gasteiger partial charge >= 0.3 is 0 Å². The number of halogens is 1. The maximum Gasteiger partial charge on any atom is 0.123 e. The number of hydrogen-bond acceptors (Lipinski definition) is 1. The molecular weight excluding hydrogens is 167 g/mol. The molecule has 1 aromatic rings. The minimum Gasteiger partial charge on any atom is -0.393 e. The molecule has 0 spiro atoms. The van der Waals surface area contributed by atoms with Gasteiger partial charge in [-0.1, -0.05) is 19.1 Å². The van der Waals surface area contributed by atoms with Crippen LogP contribution in [0.15, 0.2) is 24.3 Å². The van der Waals surface area contributed by atoms with E-state index in [0.29, 0.717) is 6.42 Å². The van der Waals surface area contributed by atoms with Crippen molar-refractivity contribution in [3.8, 4) is 0 Å². The summed E-state index contributed by atoms with van der Waals surface area (Å²) in [7, 11) is 0. The van der Waals surface area contributed by atoms with Crippen LogP contribution in [0.3, 0.4) is 0 Å². The average Bonchev–Trinajstić information content (AvgIpc) is 2.04. The van der Waals surface area contributed by atoms with E-state index in [-0.39, 0.29) is 17.8 Å². The molecule has 0 aromatic heterocycles. The molecule has 0 aliphatic heterocycles. The van der Waals surface area contributed by atoms with Gasteiger partial charge in [0.1, 0.15) is 5.82 Å².